The van der Waals surface area contributed by atoms with E-state index in [9.17, 15) is 9.18 Å². The lowest BCUT2D eigenvalue weighted by Crippen LogP contribution is -2.48. The molecule has 2 atom stereocenters. The minimum absolute atomic E-state index is 0.0666. The fourth-order valence-electron chi connectivity index (χ4n) is 3.83. The fourth-order valence-corrected chi connectivity index (χ4v) is 3.96. The van der Waals surface area contributed by atoms with Gasteiger partial charge < -0.3 is 9.88 Å². The Bertz CT molecular complexity index is 1140. The monoisotopic (exact) mass is 410 g/mol. The first-order chi connectivity index (χ1) is 13.9. The van der Waals surface area contributed by atoms with Crippen LogP contribution < -0.4 is 10.9 Å². The number of rotatable bonds is 4. The lowest BCUT2D eigenvalue weighted by atomic mass is 9.78. The van der Waals surface area contributed by atoms with Crippen molar-refractivity contribution in [2.75, 3.05) is 0 Å². The smallest absolute Gasteiger partial charge is 0.250 e. The molecular formula is C22H20ClFN4O. The highest BCUT2D eigenvalue weighted by Crippen LogP contribution is 2.39. The standard InChI is InChI=1S/C22H20ClFN4O/c1-3-28-13-15(4-9-20(28)29)21-26-14(2)22(27-21,16-5-7-18(23)8-6-16)17-10-11-25-19(24)12-17/h4-14H,3H2,1-2H3,(H,26,27)/t14-,22-/m0/s1. The van der Waals surface area contributed by atoms with Crippen LogP contribution in [0.25, 0.3) is 0 Å². The Morgan fingerprint density at radius 2 is 1.93 bits per heavy atom. The van der Waals surface area contributed by atoms with Gasteiger partial charge in [0.2, 0.25) is 5.95 Å². The summed E-state index contributed by atoms with van der Waals surface area (Å²) in [5, 5.41) is 4.13. The molecule has 0 spiro atoms. The molecule has 1 N–H and O–H groups in total. The van der Waals surface area contributed by atoms with Gasteiger partial charge in [-0.25, -0.2) is 4.98 Å². The topological polar surface area (TPSA) is 59.3 Å². The normalized spacial score (nSPS) is 21.0. The van der Waals surface area contributed by atoms with Gasteiger partial charge in [-0.1, -0.05) is 23.7 Å². The molecular weight excluding hydrogens is 391 g/mol. The van der Waals surface area contributed by atoms with Crippen LogP contribution in [0.3, 0.4) is 0 Å². The van der Waals surface area contributed by atoms with Crippen molar-refractivity contribution in [1.29, 1.82) is 0 Å². The van der Waals surface area contributed by atoms with Crippen LogP contribution in [0.1, 0.15) is 30.5 Å². The highest BCUT2D eigenvalue weighted by atomic mass is 35.5. The quantitative estimate of drug-likeness (QED) is 0.666. The minimum atomic E-state index is -0.795. The van der Waals surface area contributed by atoms with Crippen LogP contribution in [0.5, 0.6) is 0 Å². The molecule has 1 aromatic carbocycles. The van der Waals surface area contributed by atoms with Gasteiger partial charge in [0.05, 0.1) is 6.04 Å². The van der Waals surface area contributed by atoms with E-state index in [-0.39, 0.29) is 11.6 Å². The van der Waals surface area contributed by atoms with Gasteiger partial charge >= 0.3 is 0 Å². The van der Waals surface area contributed by atoms with E-state index in [1.165, 1.54) is 18.3 Å². The number of nitrogens with zero attached hydrogens (tertiary/aromatic N) is 3. The molecule has 0 fully saturated rings. The lowest BCUT2D eigenvalue weighted by molar-refractivity contribution is 0.430. The van der Waals surface area contributed by atoms with Crippen molar-refractivity contribution in [1.82, 2.24) is 14.9 Å². The molecule has 5 nitrogen and oxygen atoms in total. The highest BCUT2D eigenvalue weighted by Gasteiger charge is 2.45. The number of aromatic nitrogens is 2. The number of hydrogen-bond acceptors (Lipinski definition) is 4. The van der Waals surface area contributed by atoms with Crippen LogP contribution in [-0.4, -0.2) is 21.4 Å². The number of pyridine rings is 2. The van der Waals surface area contributed by atoms with E-state index in [4.69, 9.17) is 16.6 Å². The third kappa shape index (κ3) is 3.34. The van der Waals surface area contributed by atoms with Crippen molar-refractivity contribution in [2.45, 2.75) is 32.0 Å². The second-order valence-electron chi connectivity index (χ2n) is 7.00. The second-order valence-corrected chi connectivity index (χ2v) is 7.44. The van der Waals surface area contributed by atoms with Gasteiger partial charge in [0.25, 0.3) is 5.56 Å². The zero-order valence-corrected chi connectivity index (χ0v) is 16.8. The Morgan fingerprint density at radius 3 is 2.62 bits per heavy atom. The Hall–Kier alpha value is -2.99. The maximum Gasteiger partial charge on any atom is 0.250 e. The molecule has 0 saturated carbocycles. The summed E-state index contributed by atoms with van der Waals surface area (Å²) in [5.74, 6) is 0.0877. The zero-order chi connectivity index (χ0) is 20.6. The van der Waals surface area contributed by atoms with Gasteiger partial charge in [-0.15, -0.1) is 0 Å². The number of nitrogens with one attached hydrogen (secondary N) is 1. The summed E-state index contributed by atoms with van der Waals surface area (Å²) < 4.78 is 15.6. The Morgan fingerprint density at radius 1 is 1.17 bits per heavy atom. The first-order valence-electron chi connectivity index (χ1n) is 9.39. The molecule has 148 valence electrons. The lowest BCUT2D eigenvalue weighted by Gasteiger charge is -2.35. The molecule has 4 rings (SSSR count). The summed E-state index contributed by atoms with van der Waals surface area (Å²) in [6.45, 7) is 4.45. The number of aryl methyl sites for hydroxylation is 1. The van der Waals surface area contributed by atoms with Crippen molar-refractivity contribution < 1.29 is 4.39 Å². The molecule has 0 amide bonds. The molecule has 0 unspecified atom stereocenters. The summed E-state index contributed by atoms with van der Waals surface area (Å²) in [6, 6.07) is 13.7. The highest BCUT2D eigenvalue weighted by molar-refractivity contribution is 6.30. The average molecular weight is 411 g/mol. The number of hydrogen-bond donors (Lipinski definition) is 1. The van der Waals surface area contributed by atoms with Crippen molar-refractivity contribution in [3.8, 4) is 0 Å². The summed E-state index contributed by atoms with van der Waals surface area (Å²) in [4.78, 5) is 20.5. The van der Waals surface area contributed by atoms with Crippen LogP contribution in [0, 0.1) is 5.95 Å². The number of aliphatic imine (C=N–C) groups is 1. The third-order valence-corrected chi connectivity index (χ3v) is 5.60. The molecule has 0 aliphatic carbocycles. The van der Waals surface area contributed by atoms with Gasteiger partial charge in [0, 0.05) is 35.6 Å². The van der Waals surface area contributed by atoms with E-state index in [1.807, 2.05) is 26.0 Å². The Kier molecular flexibility index (Phi) is 4.96. The SMILES string of the molecule is CCn1cc(C2=N[C@@H](C)[C@](c3ccc(Cl)cc3)(c3ccnc(F)c3)N2)ccc1=O. The summed E-state index contributed by atoms with van der Waals surface area (Å²) in [7, 11) is 0. The molecule has 0 saturated heterocycles. The Balaban J connectivity index is 1.85. The predicted molar refractivity (Wildman–Crippen MR) is 112 cm³/mol. The third-order valence-electron chi connectivity index (χ3n) is 5.34. The van der Waals surface area contributed by atoms with E-state index in [0.717, 1.165) is 11.1 Å². The molecule has 1 aliphatic rings. The van der Waals surface area contributed by atoms with Crippen LogP contribution in [0.4, 0.5) is 4.39 Å². The first-order valence-corrected chi connectivity index (χ1v) is 9.76. The van der Waals surface area contributed by atoms with Crippen LogP contribution in [0.2, 0.25) is 5.02 Å². The van der Waals surface area contributed by atoms with Crippen LogP contribution in [0.15, 0.2) is 70.7 Å². The van der Waals surface area contributed by atoms with Gasteiger partial charge in [0.1, 0.15) is 11.4 Å². The second kappa shape index (κ2) is 7.44. The summed E-state index contributed by atoms with van der Waals surface area (Å²) in [5.41, 5.74) is 1.55. The first kappa shape index (κ1) is 19.3. The molecule has 2 aromatic heterocycles. The number of halogens is 2. The maximum atomic E-state index is 14.0. The van der Waals surface area contributed by atoms with Crippen molar-refractivity contribution in [3.05, 3.63) is 98.9 Å². The van der Waals surface area contributed by atoms with E-state index in [1.54, 1.807) is 35.0 Å². The van der Waals surface area contributed by atoms with Gasteiger partial charge in [0.15, 0.2) is 0 Å². The molecule has 1 aliphatic heterocycles. The summed E-state index contributed by atoms with van der Waals surface area (Å²) >= 11 is 6.09. The molecule has 3 aromatic rings. The van der Waals surface area contributed by atoms with Crippen LogP contribution >= 0.6 is 11.6 Å². The van der Waals surface area contributed by atoms with Crippen molar-refractivity contribution in [2.24, 2.45) is 4.99 Å². The minimum Gasteiger partial charge on any atom is -0.354 e. The van der Waals surface area contributed by atoms with Crippen molar-refractivity contribution >= 4 is 17.4 Å². The maximum absolute atomic E-state index is 14.0. The Labute approximate surface area is 172 Å². The van der Waals surface area contributed by atoms with E-state index in [0.29, 0.717) is 23.0 Å². The van der Waals surface area contributed by atoms with E-state index in [2.05, 4.69) is 10.3 Å². The molecule has 29 heavy (non-hydrogen) atoms. The predicted octanol–water partition coefficient (Wildman–Crippen LogP) is 3.74. The van der Waals surface area contributed by atoms with E-state index >= 15 is 0 Å². The fraction of sp³-hybridized carbons (Fsp3) is 0.227. The molecule has 7 heteroatoms. The zero-order valence-electron chi connectivity index (χ0n) is 16.1. The van der Waals surface area contributed by atoms with Gasteiger partial charge in [-0.3, -0.25) is 9.79 Å². The molecule has 0 radical (unpaired) electrons. The number of benzene rings is 1. The van der Waals surface area contributed by atoms with Gasteiger partial charge in [-0.05, 0) is 55.3 Å². The van der Waals surface area contributed by atoms with Crippen LogP contribution in [-0.2, 0) is 12.1 Å². The van der Waals surface area contributed by atoms with Gasteiger partial charge in [-0.2, -0.15) is 4.39 Å². The van der Waals surface area contributed by atoms with Crippen molar-refractivity contribution in [3.63, 3.8) is 0 Å². The van der Waals surface area contributed by atoms with E-state index < -0.39 is 11.5 Å². The molecule has 0 bridgehead atoms. The largest absolute Gasteiger partial charge is 0.354 e. The average Bonchev–Trinajstić information content (AvgIpc) is 3.07. The number of amidine groups is 1. The molecule has 3 heterocycles. The summed E-state index contributed by atoms with van der Waals surface area (Å²) in [6.07, 6.45) is 3.23.